The van der Waals surface area contributed by atoms with E-state index in [1.807, 2.05) is 12.1 Å². The summed E-state index contributed by atoms with van der Waals surface area (Å²) in [7, 11) is 1.67. The lowest BCUT2D eigenvalue weighted by Crippen LogP contribution is -2.42. The van der Waals surface area contributed by atoms with Gasteiger partial charge in [0.05, 0.1) is 19.3 Å². The maximum Gasteiger partial charge on any atom is 0.191 e. The zero-order valence-electron chi connectivity index (χ0n) is 19.6. The van der Waals surface area contributed by atoms with Gasteiger partial charge in [-0.2, -0.15) is 0 Å². The van der Waals surface area contributed by atoms with Gasteiger partial charge in [-0.15, -0.1) is 0 Å². The molecule has 2 unspecified atom stereocenters. The summed E-state index contributed by atoms with van der Waals surface area (Å²) in [6.45, 7) is 8.42. The van der Waals surface area contributed by atoms with E-state index in [0.717, 1.165) is 49.8 Å². The minimum absolute atomic E-state index is 0.130. The second kappa shape index (κ2) is 13.1. The maximum absolute atomic E-state index is 6.16. The average molecular weight is 440 g/mol. The lowest BCUT2D eigenvalue weighted by molar-refractivity contribution is -0.0265. The van der Waals surface area contributed by atoms with Gasteiger partial charge in [0.1, 0.15) is 12.4 Å². The van der Waals surface area contributed by atoms with Crippen molar-refractivity contribution in [1.29, 1.82) is 0 Å². The van der Waals surface area contributed by atoms with E-state index < -0.39 is 0 Å². The first kappa shape index (κ1) is 24.1. The lowest BCUT2D eigenvalue weighted by atomic mass is 9.89. The molecule has 174 valence electrons. The smallest absolute Gasteiger partial charge is 0.191 e. The third-order valence-corrected chi connectivity index (χ3v) is 5.63. The van der Waals surface area contributed by atoms with Crippen LogP contribution in [-0.4, -0.2) is 46.0 Å². The first-order valence-electron chi connectivity index (χ1n) is 11.6. The number of nitrogens with one attached hydrogen (secondary N) is 2. The molecule has 6 nitrogen and oxygen atoms in total. The van der Waals surface area contributed by atoms with Gasteiger partial charge in [0.15, 0.2) is 5.96 Å². The van der Waals surface area contributed by atoms with Crippen molar-refractivity contribution in [3.8, 4) is 5.75 Å². The van der Waals surface area contributed by atoms with E-state index in [0.29, 0.717) is 25.7 Å². The Kier molecular flexibility index (Phi) is 9.85. The van der Waals surface area contributed by atoms with Gasteiger partial charge in [0.2, 0.25) is 0 Å². The maximum atomic E-state index is 6.16. The van der Waals surface area contributed by atoms with Crippen LogP contribution in [0, 0.1) is 12.8 Å². The Balaban J connectivity index is 1.56. The van der Waals surface area contributed by atoms with E-state index >= 15 is 0 Å². The highest BCUT2D eigenvalue weighted by atomic mass is 16.5. The number of aliphatic imine (C=N–C) groups is 1. The Hall–Kier alpha value is -2.57. The Labute approximate surface area is 192 Å². The molecule has 2 aromatic carbocycles. The second-order valence-corrected chi connectivity index (χ2v) is 8.17. The summed E-state index contributed by atoms with van der Waals surface area (Å²) in [4.78, 5) is 4.78. The van der Waals surface area contributed by atoms with Gasteiger partial charge in [-0.1, -0.05) is 42.0 Å². The van der Waals surface area contributed by atoms with Crippen molar-refractivity contribution in [2.24, 2.45) is 10.9 Å². The van der Waals surface area contributed by atoms with Crippen LogP contribution in [-0.2, 0) is 16.0 Å². The van der Waals surface area contributed by atoms with Crippen LogP contribution >= 0.6 is 0 Å². The van der Waals surface area contributed by atoms with E-state index in [9.17, 15) is 0 Å². The normalized spacial score (nSPS) is 18.9. The average Bonchev–Trinajstić information content (AvgIpc) is 2.83. The summed E-state index contributed by atoms with van der Waals surface area (Å²) >= 11 is 0. The zero-order valence-corrected chi connectivity index (χ0v) is 19.6. The van der Waals surface area contributed by atoms with Crippen LogP contribution in [0.2, 0.25) is 0 Å². The molecule has 2 atom stereocenters. The third-order valence-electron chi connectivity index (χ3n) is 5.63. The molecule has 1 fully saturated rings. The van der Waals surface area contributed by atoms with Crippen molar-refractivity contribution in [3.05, 3.63) is 65.2 Å². The van der Waals surface area contributed by atoms with Crippen LogP contribution in [0.3, 0.4) is 0 Å². The molecule has 2 aromatic rings. The Morgan fingerprint density at radius 2 is 1.84 bits per heavy atom. The molecule has 0 saturated carbocycles. The standard InChI is InChI=1S/C26H37N3O3/c1-4-27-26(28-18-21-9-13-24(14-10-21)31-17-16-30-3)29-19-23-6-5-15-32-25(23)22-11-7-20(2)8-12-22/h7-14,23,25H,4-6,15-19H2,1-3H3,(H2,27,28,29). The number of guanidine groups is 1. The van der Waals surface area contributed by atoms with Crippen molar-refractivity contribution in [2.45, 2.75) is 39.3 Å². The number of hydrogen-bond acceptors (Lipinski definition) is 4. The number of nitrogens with zero attached hydrogens (tertiary/aromatic N) is 1. The molecule has 1 aliphatic heterocycles. The number of benzene rings is 2. The van der Waals surface area contributed by atoms with Gasteiger partial charge in [0.25, 0.3) is 0 Å². The molecule has 0 aromatic heterocycles. The van der Waals surface area contributed by atoms with Crippen molar-refractivity contribution < 1.29 is 14.2 Å². The molecule has 0 radical (unpaired) electrons. The van der Waals surface area contributed by atoms with E-state index in [1.54, 1.807) is 7.11 Å². The van der Waals surface area contributed by atoms with Crippen LogP contribution in [0.5, 0.6) is 5.75 Å². The molecule has 3 rings (SSSR count). The van der Waals surface area contributed by atoms with Crippen LogP contribution in [0.4, 0.5) is 0 Å². The highest BCUT2D eigenvalue weighted by Gasteiger charge is 2.27. The highest BCUT2D eigenvalue weighted by Crippen LogP contribution is 2.33. The molecular weight excluding hydrogens is 402 g/mol. The van der Waals surface area contributed by atoms with E-state index in [-0.39, 0.29) is 6.10 Å². The Morgan fingerprint density at radius 3 is 2.56 bits per heavy atom. The minimum atomic E-state index is 0.130. The Morgan fingerprint density at radius 1 is 1.06 bits per heavy atom. The summed E-state index contributed by atoms with van der Waals surface area (Å²) in [5.41, 5.74) is 3.67. The van der Waals surface area contributed by atoms with Crippen LogP contribution in [0.25, 0.3) is 0 Å². The first-order chi connectivity index (χ1) is 15.7. The van der Waals surface area contributed by atoms with Gasteiger partial charge in [-0.3, -0.25) is 0 Å². The monoisotopic (exact) mass is 439 g/mol. The van der Waals surface area contributed by atoms with Crippen LogP contribution < -0.4 is 15.4 Å². The van der Waals surface area contributed by atoms with E-state index in [2.05, 4.69) is 60.9 Å². The van der Waals surface area contributed by atoms with E-state index in [4.69, 9.17) is 19.2 Å². The number of ether oxygens (including phenoxy) is 3. The van der Waals surface area contributed by atoms with Crippen LogP contribution in [0.1, 0.15) is 42.6 Å². The molecule has 32 heavy (non-hydrogen) atoms. The molecule has 1 saturated heterocycles. The first-order valence-corrected chi connectivity index (χ1v) is 11.6. The fourth-order valence-corrected chi connectivity index (χ4v) is 3.85. The molecule has 0 spiro atoms. The lowest BCUT2D eigenvalue weighted by Gasteiger charge is -2.32. The molecule has 0 aliphatic carbocycles. The summed E-state index contributed by atoms with van der Waals surface area (Å²) in [6, 6.07) is 16.8. The second-order valence-electron chi connectivity index (χ2n) is 8.17. The molecule has 6 heteroatoms. The topological polar surface area (TPSA) is 64.1 Å². The zero-order chi connectivity index (χ0) is 22.6. The third kappa shape index (κ3) is 7.53. The quantitative estimate of drug-likeness (QED) is 0.329. The minimum Gasteiger partial charge on any atom is -0.491 e. The van der Waals surface area contributed by atoms with Crippen LogP contribution in [0.15, 0.2) is 53.5 Å². The van der Waals surface area contributed by atoms with E-state index in [1.165, 1.54) is 11.1 Å². The van der Waals surface area contributed by atoms with Crippen molar-refractivity contribution >= 4 is 5.96 Å². The largest absolute Gasteiger partial charge is 0.491 e. The van der Waals surface area contributed by atoms with Crippen molar-refractivity contribution in [3.63, 3.8) is 0 Å². The summed E-state index contributed by atoms with van der Waals surface area (Å²) in [5.74, 6) is 2.10. The Bertz CT molecular complexity index is 821. The SMILES string of the molecule is CCNC(=NCc1ccc(OCCOC)cc1)NCC1CCCOC1c1ccc(C)cc1. The van der Waals surface area contributed by atoms with Crippen molar-refractivity contribution in [2.75, 3.05) is 40.0 Å². The van der Waals surface area contributed by atoms with Crippen molar-refractivity contribution in [1.82, 2.24) is 10.6 Å². The van der Waals surface area contributed by atoms with Gasteiger partial charge < -0.3 is 24.8 Å². The fraction of sp³-hybridized carbons (Fsp3) is 0.500. The predicted octanol–water partition coefficient (Wildman–Crippen LogP) is 4.24. The molecule has 1 aliphatic rings. The summed E-state index contributed by atoms with van der Waals surface area (Å²) < 4.78 is 16.8. The van der Waals surface area contributed by atoms with Gasteiger partial charge in [-0.05, 0) is 49.9 Å². The van der Waals surface area contributed by atoms with Gasteiger partial charge in [0, 0.05) is 32.7 Å². The number of rotatable bonds is 10. The number of aryl methyl sites for hydroxylation is 1. The number of hydrogen-bond donors (Lipinski definition) is 2. The molecule has 0 amide bonds. The highest BCUT2D eigenvalue weighted by molar-refractivity contribution is 5.79. The number of methoxy groups -OCH3 is 1. The molecule has 2 N–H and O–H groups in total. The fourth-order valence-electron chi connectivity index (χ4n) is 3.85. The molecule has 1 heterocycles. The predicted molar refractivity (Wildman–Crippen MR) is 129 cm³/mol. The van der Waals surface area contributed by atoms with Gasteiger partial charge >= 0.3 is 0 Å². The summed E-state index contributed by atoms with van der Waals surface area (Å²) in [5, 5.41) is 6.90. The molecular formula is C26H37N3O3. The van der Waals surface area contributed by atoms with Gasteiger partial charge in [-0.25, -0.2) is 4.99 Å². The molecule has 0 bridgehead atoms. The summed E-state index contributed by atoms with van der Waals surface area (Å²) in [6.07, 6.45) is 2.38.